The molecule has 5 N–H and O–H groups in total. The fraction of sp³-hybridized carbons (Fsp3) is 0.800. The first kappa shape index (κ1) is 38.8. The molecular formula is C30H50O12. The summed E-state index contributed by atoms with van der Waals surface area (Å²) in [6, 6.07) is 0. The van der Waals surface area contributed by atoms with Crippen LogP contribution in [0.1, 0.15) is 129 Å². The number of rotatable bonds is 27. The molecule has 1 atom stereocenters. The lowest BCUT2D eigenvalue weighted by atomic mass is 9.55. The van der Waals surface area contributed by atoms with Crippen molar-refractivity contribution in [2.75, 3.05) is 6.61 Å². The second kappa shape index (κ2) is 20.7. The molecule has 0 fully saturated rings. The summed E-state index contributed by atoms with van der Waals surface area (Å²) in [6.07, 6.45) is 16.9. The van der Waals surface area contributed by atoms with Crippen molar-refractivity contribution in [3.8, 4) is 0 Å². The van der Waals surface area contributed by atoms with Crippen LogP contribution in [0.2, 0.25) is 0 Å². The number of carboxylic acid groups (broad SMARTS) is 5. The van der Waals surface area contributed by atoms with E-state index in [9.17, 15) is 54.3 Å². The maximum absolute atomic E-state index is 12.7. The Morgan fingerprint density at radius 3 is 1.12 bits per heavy atom. The highest BCUT2D eigenvalue weighted by molar-refractivity contribution is 6.26. The number of carboxylic acids is 5. The maximum Gasteiger partial charge on any atom is 0.337 e. The number of esters is 1. The molecule has 12 nitrogen and oxygen atoms in total. The largest absolute Gasteiger partial charge is 0.481 e. The van der Waals surface area contributed by atoms with E-state index in [0.717, 1.165) is 32.1 Å². The van der Waals surface area contributed by atoms with Crippen LogP contribution in [0.15, 0.2) is 0 Å². The molecule has 0 bridgehead atoms. The van der Waals surface area contributed by atoms with Crippen LogP contribution in [-0.2, 0) is 33.5 Å². The number of ether oxygens (including phenoxy) is 1. The van der Waals surface area contributed by atoms with Crippen LogP contribution in [0.25, 0.3) is 0 Å². The number of aliphatic carboxylic acids is 5. The van der Waals surface area contributed by atoms with E-state index < -0.39 is 65.6 Å². The third kappa shape index (κ3) is 10.3. The summed E-state index contributed by atoms with van der Waals surface area (Å²) in [6.45, 7) is 2.78. The zero-order valence-corrected chi connectivity index (χ0v) is 25.1. The molecule has 0 rings (SSSR count). The van der Waals surface area contributed by atoms with E-state index in [0.29, 0.717) is 12.8 Å². The minimum atomic E-state index is -4.25. The molecule has 0 heterocycles. The van der Waals surface area contributed by atoms with Gasteiger partial charge in [0.05, 0.1) is 12.5 Å². The summed E-state index contributed by atoms with van der Waals surface area (Å²) in [5, 5.41) is 49.2. The van der Waals surface area contributed by atoms with Crippen LogP contribution < -0.4 is 0 Å². The summed E-state index contributed by atoms with van der Waals surface area (Å²) < 4.78 is 4.48. The fourth-order valence-electron chi connectivity index (χ4n) is 5.57. The summed E-state index contributed by atoms with van der Waals surface area (Å²) in [7, 11) is 0. The van der Waals surface area contributed by atoms with Crippen molar-refractivity contribution in [2.45, 2.75) is 129 Å². The molecule has 0 saturated heterocycles. The Morgan fingerprint density at radius 1 is 0.524 bits per heavy atom. The minimum Gasteiger partial charge on any atom is -0.481 e. The third-order valence-corrected chi connectivity index (χ3v) is 7.91. The van der Waals surface area contributed by atoms with E-state index in [1.54, 1.807) is 0 Å². The molecule has 42 heavy (non-hydrogen) atoms. The highest BCUT2D eigenvalue weighted by atomic mass is 16.5. The molecular weight excluding hydrogens is 552 g/mol. The molecule has 0 saturated carbocycles. The van der Waals surface area contributed by atoms with Gasteiger partial charge in [0.25, 0.3) is 5.41 Å². The molecule has 0 aliphatic heterocycles. The number of carbonyl (C=O) groups is 6. The van der Waals surface area contributed by atoms with Gasteiger partial charge in [-0.25, -0.2) is 0 Å². The Balaban J connectivity index is 5.05. The lowest BCUT2D eigenvalue weighted by Crippen LogP contribution is -2.69. The van der Waals surface area contributed by atoms with E-state index in [-0.39, 0.29) is 6.42 Å². The van der Waals surface area contributed by atoms with Gasteiger partial charge < -0.3 is 30.3 Å². The number of carbonyl (C=O) groups excluding carboxylic acids is 1. The summed E-state index contributed by atoms with van der Waals surface area (Å²) >= 11 is 0. The van der Waals surface area contributed by atoms with E-state index in [1.807, 2.05) is 0 Å². The van der Waals surface area contributed by atoms with Crippen molar-refractivity contribution in [3.63, 3.8) is 0 Å². The van der Waals surface area contributed by atoms with Crippen molar-refractivity contribution >= 4 is 35.8 Å². The molecule has 0 aromatic rings. The first-order valence-corrected chi connectivity index (χ1v) is 15.2. The zero-order chi connectivity index (χ0) is 32.2. The molecule has 0 radical (unpaired) electrons. The van der Waals surface area contributed by atoms with Crippen LogP contribution in [0.5, 0.6) is 0 Å². The SMILES string of the molecule is CCCCCCCCCCCCCCCCCCCC(C(=O)O)C(C(=O)O)(C(=O)O)C(C(=O)O)(C(=O)O)C(=O)OCC. The topological polar surface area (TPSA) is 213 Å². The Hall–Kier alpha value is -3.18. The maximum atomic E-state index is 12.7. The Labute approximate surface area is 247 Å². The van der Waals surface area contributed by atoms with Gasteiger partial charge in [-0.2, -0.15) is 0 Å². The van der Waals surface area contributed by atoms with Crippen LogP contribution in [0, 0.1) is 16.7 Å². The van der Waals surface area contributed by atoms with Gasteiger partial charge in [-0.3, -0.25) is 28.8 Å². The predicted octanol–water partition coefficient (Wildman–Crippen LogP) is 5.60. The van der Waals surface area contributed by atoms with Crippen LogP contribution in [0.3, 0.4) is 0 Å². The highest BCUT2D eigenvalue weighted by Gasteiger charge is 2.80. The number of hydrogen-bond acceptors (Lipinski definition) is 7. The molecule has 0 spiro atoms. The minimum absolute atomic E-state index is 0.0180. The smallest absolute Gasteiger partial charge is 0.337 e. The standard InChI is InChI=1S/C30H50O12/c1-3-5-6-7-8-9-10-11-12-13-14-15-16-17-18-19-20-21-22(23(31)32)29(24(33)34,25(35)36)30(26(37)38,27(39)40)28(41)42-4-2/h22H,3-21H2,1-2H3,(H,31,32)(H,33,34)(H,35,36)(H,37,38)(H,39,40). The normalized spacial score (nSPS) is 12.4. The first-order chi connectivity index (χ1) is 19.9. The lowest BCUT2D eigenvalue weighted by molar-refractivity contribution is -0.211. The summed E-state index contributed by atoms with van der Waals surface area (Å²) in [4.78, 5) is 74.0. The molecule has 0 aromatic heterocycles. The van der Waals surface area contributed by atoms with Crippen LogP contribution in [-0.4, -0.2) is 68.0 Å². The van der Waals surface area contributed by atoms with Gasteiger partial charge in [0, 0.05) is 0 Å². The third-order valence-electron chi connectivity index (χ3n) is 7.91. The number of hydrogen-bond donors (Lipinski definition) is 5. The van der Waals surface area contributed by atoms with Crippen molar-refractivity contribution in [1.29, 1.82) is 0 Å². The van der Waals surface area contributed by atoms with Gasteiger partial charge in [-0.1, -0.05) is 116 Å². The first-order valence-electron chi connectivity index (χ1n) is 15.2. The van der Waals surface area contributed by atoms with Gasteiger partial charge >= 0.3 is 35.8 Å². The molecule has 0 aliphatic carbocycles. The van der Waals surface area contributed by atoms with Crippen molar-refractivity contribution in [3.05, 3.63) is 0 Å². The number of unbranched alkanes of at least 4 members (excludes halogenated alkanes) is 16. The van der Waals surface area contributed by atoms with Crippen LogP contribution >= 0.6 is 0 Å². The van der Waals surface area contributed by atoms with Crippen molar-refractivity contribution < 1.29 is 59.0 Å². The van der Waals surface area contributed by atoms with E-state index in [4.69, 9.17) is 0 Å². The molecule has 12 heteroatoms. The molecule has 0 aromatic carbocycles. The second-order valence-corrected chi connectivity index (χ2v) is 10.8. The second-order valence-electron chi connectivity index (χ2n) is 10.8. The molecule has 1 unspecified atom stereocenters. The quantitative estimate of drug-likeness (QED) is 0.0441. The van der Waals surface area contributed by atoms with Crippen molar-refractivity contribution in [1.82, 2.24) is 0 Å². The van der Waals surface area contributed by atoms with Crippen molar-refractivity contribution in [2.24, 2.45) is 16.7 Å². The summed E-state index contributed by atoms with van der Waals surface area (Å²) in [5.41, 5.74) is -8.34. The Bertz CT molecular complexity index is 854. The Morgan fingerprint density at radius 2 is 0.857 bits per heavy atom. The zero-order valence-electron chi connectivity index (χ0n) is 25.1. The highest BCUT2D eigenvalue weighted by Crippen LogP contribution is 2.50. The molecule has 0 aliphatic rings. The lowest BCUT2D eigenvalue weighted by Gasteiger charge is -2.40. The molecule has 0 amide bonds. The average molecular weight is 603 g/mol. The predicted molar refractivity (Wildman–Crippen MR) is 152 cm³/mol. The van der Waals surface area contributed by atoms with Crippen LogP contribution in [0.4, 0.5) is 0 Å². The van der Waals surface area contributed by atoms with Gasteiger partial charge in [0.1, 0.15) is 0 Å². The van der Waals surface area contributed by atoms with Gasteiger partial charge in [-0.15, -0.1) is 0 Å². The fourth-order valence-corrected chi connectivity index (χ4v) is 5.57. The summed E-state index contributed by atoms with van der Waals surface area (Å²) in [5.74, 6) is -17.2. The van der Waals surface area contributed by atoms with E-state index in [2.05, 4.69) is 11.7 Å². The average Bonchev–Trinajstić information content (AvgIpc) is 2.90. The van der Waals surface area contributed by atoms with E-state index in [1.165, 1.54) is 64.7 Å². The van der Waals surface area contributed by atoms with Gasteiger partial charge in [0.2, 0.25) is 5.41 Å². The Kier molecular flexibility index (Phi) is 19.1. The van der Waals surface area contributed by atoms with E-state index >= 15 is 0 Å². The molecule has 242 valence electrons. The monoisotopic (exact) mass is 602 g/mol. The van der Waals surface area contributed by atoms with Gasteiger partial charge in [0.15, 0.2) is 0 Å². The van der Waals surface area contributed by atoms with Gasteiger partial charge in [-0.05, 0) is 13.3 Å².